The number of carbonyl (C=O) groups is 2. The fraction of sp³-hybridized carbons (Fsp3) is 0.500. The van der Waals surface area contributed by atoms with Crippen molar-refractivity contribution in [2.45, 2.75) is 56.1 Å². The molecule has 1 spiro atoms. The number of hydrogen-bond donors (Lipinski definition) is 2. The summed E-state index contributed by atoms with van der Waals surface area (Å²) in [4.78, 5) is 28.9. The Kier molecular flexibility index (Phi) is 3.66. The first-order chi connectivity index (χ1) is 14.2. The normalized spacial score (nSPS) is 30.4. The predicted molar refractivity (Wildman–Crippen MR) is 105 cm³/mol. The molecule has 2 saturated heterocycles. The minimum Gasteiger partial charge on any atom is -0.361 e. The molecule has 2 N–H and O–H groups in total. The molecule has 3 fully saturated rings. The van der Waals surface area contributed by atoms with E-state index in [1.54, 1.807) is 0 Å². The topological polar surface area (TPSA) is 87.5 Å². The monoisotopic (exact) mass is 392 g/mol. The summed E-state index contributed by atoms with van der Waals surface area (Å²) in [5, 5.41) is 10.2. The molecule has 0 bridgehead atoms. The number of para-hydroxylation sites is 1. The third kappa shape index (κ3) is 2.43. The molecule has 150 valence electrons. The van der Waals surface area contributed by atoms with Gasteiger partial charge in [0.25, 0.3) is 0 Å². The number of aromatic nitrogens is 1. The lowest BCUT2D eigenvalue weighted by Gasteiger charge is -2.36. The van der Waals surface area contributed by atoms with E-state index >= 15 is 0 Å². The Balaban J connectivity index is 1.29. The van der Waals surface area contributed by atoms with Gasteiger partial charge in [0, 0.05) is 29.3 Å². The van der Waals surface area contributed by atoms with Crippen molar-refractivity contribution in [2.75, 3.05) is 11.9 Å². The number of benzene rings is 1. The van der Waals surface area contributed by atoms with Crippen molar-refractivity contribution in [3.8, 4) is 0 Å². The first-order valence-corrected chi connectivity index (χ1v) is 10.6. The molecule has 7 heteroatoms. The molecule has 6 rings (SSSR count). The molecule has 2 amide bonds. The second-order valence-electron chi connectivity index (χ2n) is 8.76. The maximum Gasteiger partial charge on any atom is 0.250 e. The van der Waals surface area contributed by atoms with Crippen LogP contribution in [0.1, 0.15) is 55.0 Å². The highest BCUT2D eigenvalue weighted by atomic mass is 16.5. The van der Waals surface area contributed by atoms with Crippen LogP contribution in [0.15, 0.2) is 34.9 Å². The van der Waals surface area contributed by atoms with Gasteiger partial charge in [0.1, 0.15) is 17.0 Å². The molecule has 2 aromatic rings. The van der Waals surface area contributed by atoms with Gasteiger partial charge < -0.3 is 15.2 Å². The SMILES string of the molecule is O=C(NCc1cc(C2CC2)on1)[C@H]1C[C@H]2CCCN2[C@]12C(=O)Nc1ccccc12. The molecule has 0 unspecified atom stereocenters. The van der Waals surface area contributed by atoms with E-state index in [0.29, 0.717) is 18.9 Å². The zero-order valence-electron chi connectivity index (χ0n) is 16.2. The van der Waals surface area contributed by atoms with Crippen LogP contribution in [0.3, 0.4) is 0 Å². The van der Waals surface area contributed by atoms with Crippen LogP contribution in [-0.2, 0) is 21.7 Å². The fourth-order valence-electron chi connectivity index (χ4n) is 5.65. The standard InChI is InChI=1S/C22H24N4O3/c27-20(23-12-14-10-19(29-25-14)13-7-8-13)17-11-15-4-3-9-26(15)22(17)16-5-1-2-6-18(16)24-21(22)28/h1-2,5-6,10,13,15,17H,3-4,7-9,11-12H2,(H,23,27)(H,24,28)/t15-,17-,22+/m1/s1. The number of anilines is 1. The predicted octanol–water partition coefficient (Wildman–Crippen LogP) is 2.50. The first-order valence-electron chi connectivity index (χ1n) is 10.6. The lowest BCUT2D eigenvalue weighted by molar-refractivity contribution is -0.137. The Bertz CT molecular complexity index is 997. The van der Waals surface area contributed by atoms with Gasteiger partial charge in [-0.2, -0.15) is 0 Å². The van der Waals surface area contributed by atoms with Gasteiger partial charge in [-0.25, -0.2) is 0 Å². The minimum absolute atomic E-state index is 0.0688. The fourth-order valence-corrected chi connectivity index (χ4v) is 5.65. The number of hydrogen-bond acceptors (Lipinski definition) is 5. The van der Waals surface area contributed by atoms with Gasteiger partial charge in [-0.05, 0) is 44.7 Å². The van der Waals surface area contributed by atoms with E-state index in [2.05, 4.69) is 20.7 Å². The van der Waals surface area contributed by atoms with E-state index in [-0.39, 0.29) is 17.9 Å². The molecule has 1 aromatic heterocycles. The molecule has 1 aliphatic carbocycles. The smallest absolute Gasteiger partial charge is 0.250 e. The van der Waals surface area contributed by atoms with Crippen molar-refractivity contribution in [2.24, 2.45) is 5.92 Å². The molecule has 29 heavy (non-hydrogen) atoms. The molecular weight excluding hydrogens is 368 g/mol. The lowest BCUT2D eigenvalue weighted by atomic mass is 9.78. The summed E-state index contributed by atoms with van der Waals surface area (Å²) >= 11 is 0. The maximum atomic E-state index is 13.3. The van der Waals surface area contributed by atoms with Gasteiger partial charge >= 0.3 is 0 Å². The highest BCUT2D eigenvalue weighted by molar-refractivity contribution is 6.09. The third-order valence-corrected chi connectivity index (χ3v) is 7.09. The van der Waals surface area contributed by atoms with Crippen molar-refractivity contribution in [3.05, 3.63) is 47.3 Å². The van der Waals surface area contributed by atoms with Crippen LogP contribution in [-0.4, -0.2) is 34.5 Å². The first kappa shape index (κ1) is 17.2. The maximum absolute atomic E-state index is 13.3. The second kappa shape index (κ2) is 6.16. The van der Waals surface area contributed by atoms with Crippen molar-refractivity contribution in [3.63, 3.8) is 0 Å². The van der Waals surface area contributed by atoms with Crippen LogP contribution >= 0.6 is 0 Å². The molecule has 1 aromatic carbocycles. The molecule has 3 aliphatic heterocycles. The average molecular weight is 392 g/mol. The summed E-state index contributed by atoms with van der Waals surface area (Å²) in [7, 11) is 0. The van der Waals surface area contributed by atoms with Crippen LogP contribution in [0.4, 0.5) is 5.69 Å². The van der Waals surface area contributed by atoms with Crippen LogP contribution in [0.2, 0.25) is 0 Å². The van der Waals surface area contributed by atoms with Crippen LogP contribution in [0, 0.1) is 5.92 Å². The van der Waals surface area contributed by atoms with E-state index in [9.17, 15) is 9.59 Å². The van der Waals surface area contributed by atoms with Crippen LogP contribution < -0.4 is 10.6 Å². The van der Waals surface area contributed by atoms with E-state index in [1.807, 2.05) is 30.3 Å². The van der Waals surface area contributed by atoms with Gasteiger partial charge in [-0.1, -0.05) is 23.4 Å². The van der Waals surface area contributed by atoms with Crippen LogP contribution in [0.5, 0.6) is 0 Å². The van der Waals surface area contributed by atoms with Gasteiger partial charge in [0.05, 0.1) is 12.5 Å². The van der Waals surface area contributed by atoms with Gasteiger partial charge in [-0.3, -0.25) is 14.5 Å². The zero-order chi connectivity index (χ0) is 19.6. The highest BCUT2D eigenvalue weighted by Gasteiger charge is 2.65. The summed E-state index contributed by atoms with van der Waals surface area (Å²) in [6.45, 7) is 1.18. The Labute approximate surface area is 168 Å². The summed E-state index contributed by atoms with van der Waals surface area (Å²) in [5.74, 6) is 0.849. The van der Waals surface area contributed by atoms with Gasteiger partial charge in [0.2, 0.25) is 11.8 Å². The third-order valence-electron chi connectivity index (χ3n) is 7.09. The van der Waals surface area contributed by atoms with E-state index in [1.165, 1.54) is 0 Å². The minimum atomic E-state index is -0.898. The Hall–Kier alpha value is -2.67. The summed E-state index contributed by atoms with van der Waals surface area (Å²) in [6, 6.07) is 10.0. The average Bonchev–Trinajstić information content (AvgIpc) is 3.07. The lowest BCUT2D eigenvalue weighted by Crippen LogP contribution is -2.54. The van der Waals surface area contributed by atoms with Gasteiger partial charge in [-0.15, -0.1) is 0 Å². The van der Waals surface area contributed by atoms with Crippen molar-refractivity contribution >= 4 is 17.5 Å². The number of nitrogens with one attached hydrogen (secondary N) is 2. The quantitative estimate of drug-likeness (QED) is 0.835. The Morgan fingerprint density at radius 1 is 1.31 bits per heavy atom. The van der Waals surface area contributed by atoms with Crippen molar-refractivity contribution < 1.29 is 14.1 Å². The van der Waals surface area contributed by atoms with Crippen molar-refractivity contribution in [1.29, 1.82) is 0 Å². The molecule has 4 heterocycles. The van der Waals surface area contributed by atoms with Gasteiger partial charge in [0.15, 0.2) is 0 Å². The number of amides is 2. The number of carbonyl (C=O) groups excluding carboxylic acids is 2. The van der Waals surface area contributed by atoms with E-state index in [4.69, 9.17) is 4.52 Å². The second-order valence-corrected chi connectivity index (χ2v) is 8.76. The Morgan fingerprint density at radius 2 is 2.17 bits per heavy atom. The molecular formula is C22H24N4O3. The Morgan fingerprint density at radius 3 is 3.03 bits per heavy atom. The zero-order valence-corrected chi connectivity index (χ0v) is 16.2. The van der Waals surface area contributed by atoms with Crippen molar-refractivity contribution in [1.82, 2.24) is 15.4 Å². The van der Waals surface area contributed by atoms with E-state index in [0.717, 1.165) is 54.9 Å². The number of rotatable bonds is 4. The molecule has 3 atom stereocenters. The number of nitrogens with zero attached hydrogens (tertiary/aromatic N) is 2. The molecule has 7 nitrogen and oxygen atoms in total. The summed E-state index contributed by atoms with van der Waals surface area (Å²) in [6.07, 6.45) is 5.11. The molecule has 0 radical (unpaired) electrons. The van der Waals surface area contributed by atoms with E-state index < -0.39 is 11.5 Å². The summed E-state index contributed by atoms with van der Waals surface area (Å²) in [5.41, 5.74) is 1.61. The highest BCUT2D eigenvalue weighted by Crippen LogP contribution is 2.55. The van der Waals surface area contributed by atoms with Crippen LogP contribution in [0.25, 0.3) is 0 Å². The number of fused-ring (bicyclic) bond motifs is 4. The molecule has 1 saturated carbocycles. The largest absolute Gasteiger partial charge is 0.361 e. The summed E-state index contributed by atoms with van der Waals surface area (Å²) < 4.78 is 5.39. The molecule has 4 aliphatic rings.